The summed E-state index contributed by atoms with van der Waals surface area (Å²) < 4.78 is 89.0. The maximum Gasteiger partial charge on any atom is 0.229 e. The van der Waals surface area contributed by atoms with E-state index >= 15 is 0 Å². The number of nitrogens with one attached hydrogen (secondary N) is 2. The molecule has 0 bridgehead atoms. The second-order valence-corrected chi connectivity index (χ2v) is 5.25. The smallest absolute Gasteiger partial charge is 0.229 e. The first kappa shape index (κ1) is 9.16. The minimum Gasteiger partial charge on any atom is -0.340 e. The second-order valence-electron chi connectivity index (χ2n) is 5.25. The van der Waals surface area contributed by atoms with Crippen molar-refractivity contribution >= 4 is 29.2 Å². The summed E-state index contributed by atoms with van der Waals surface area (Å²) in [5.74, 6) is -0.850. The molecule has 3 rings (SSSR count). The summed E-state index contributed by atoms with van der Waals surface area (Å²) in [6, 6.07) is -0.500. The highest BCUT2D eigenvalue weighted by molar-refractivity contribution is 5.69. The highest BCUT2D eigenvalue weighted by Crippen LogP contribution is 2.26. The van der Waals surface area contributed by atoms with Crippen molar-refractivity contribution in [1.29, 1.82) is 10.5 Å². The maximum absolute atomic E-state index is 9.13. The molecular formula is C22H18N6. The van der Waals surface area contributed by atoms with Gasteiger partial charge >= 0.3 is 0 Å². The number of benzene rings is 2. The normalized spacial score (nSPS) is 16.3. The lowest BCUT2D eigenvalue weighted by molar-refractivity contribution is 1.16. The largest absolute Gasteiger partial charge is 0.340 e. The van der Waals surface area contributed by atoms with Crippen LogP contribution in [-0.4, -0.2) is 9.97 Å². The second kappa shape index (κ2) is 8.48. The Kier molecular flexibility index (Phi) is 2.78. The van der Waals surface area contributed by atoms with Crippen LogP contribution in [0.3, 0.4) is 0 Å². The van der Waals surface area contributed by atoms with Gasteiger partial charge in [-0.2, -0.15) is 15.5 Å². The number of nitriles is 2. The van der Waals surface area contributed by atoms with Crippen LogP contribution in [0.25, 0.3) is 6.08 Å². The first-order valence-electron chi connectivity index (χ1n) is 13.3. The Morgan fingerprint density at radius 1 is 1.11 bits per heavy atom. The van der Waals surface area contributed by atoms with Gasteiger partial charge in [0, 0.05) is 27.7 Å². The number of hydrogen-bond acceptors (Lipinski definition) is 6. The van der Waals surface area contributed by atoms with E-state index in [1.807, 2.05) is 0 Å². The molecule has 6 nitrogen and oxygen atoms in total. The molecule has 6 heteroatoms. The average Bonchev–Trinajstić information content (AvgIpc) is 2.86. The molecule has 0 aliphatic rings. The fourth-order valence-corrected chi connectivity index (χ4v) is 2.11. The quantitative estimate of drug-likeness (QED) is 0.608. The molecule has 1 aromatic heterocycles. The van der Waals surface area contributed by atoms with Gasteiger partial charge < -0.3 is 10.6 Å². The topological polar surface area (TPSA) is 97.4 Å². The number of aromatic nitrogens is 2. The van der Waals surface area contributed by atoms with Crippen LogP contribution in [0.1, 0.15) is 37.3 Å². The van der Waals surface area contributed by atoms with Gasteiger partial charge in [-0.05, 0) is 78.8 Å². The Hall–Kier alpha value is -4.16. The highest BCUT2D eigenvalue weighted by atomic mass is 15.1. The molecule has 0 saturated carbocycles. The molecule has 0 fully saturated rings. The van der Waals surface area contributed by atoms with Crippen molar-refractivity contribution in [2.24, 2.45) is 0 Å². The fourth-order valence-electron chi connectivity index (χ4n) is 2.11. The van der Waals surface area contributed by atoms with Crippen LogP contribution in [-0.2, 0) is 0 Å². The van der Waals surface area contributed by atoms with E-state index < -0.39 is 77.9 Å². The number of anilines is 4. The van der Waals surface area contributed by atoms with Gasteiger partial charge in [-0.1, -0.05) is 0 Å². The van der Waals surface area contributed by atoms with Gasteiger partial charge in [-0.15, -0.1) is 0 Å². The SMILES string of the molecule is [2H]c1nc(Nc2c([2H])c([2H])c(C#N)c([2H])c2[2H])nc(Nc2c(C)c([2H])c(/C=C/C#N)c([2H])c2C([2H])([2H])[2H])c1[2H]. The van der Waals surface area contributed by atoms with Gasteiger partial charge in [0.2, 0.25) is 5.95 Å². The van der Waals surface area contributed by atoms with Gasteiger partial charge in [-0.3, -0.25) is 0 Å². The highest BCUT2D eigenvalue weighted by Gasteiger charge is 2.07. The van der Waals surface area contributed by atoms with E-state index in [4.69, 9.17) is 25.6 Å². The molecule has 136 valence electrons. The first-order chi connectivity index (χ1) is 18.1. The third-order valence-electron chi connectivity index (χ3n) is 3.30. The minimum absolute atomic E-state index is 0.0560. The summed E-state index contributed by atoms with van der Waals surface area (Å²) >= 11 is 0. The summed E-state index contributed by atoms with van der Waals surface area (Å²) in [4.78, 5) is 7.81. The van der Waals surface area contributed by atoms with Crippen LogP contribution < -0.4 is 10.6 Å². The lowest BCUT2D eigenvalue weighted by Gasteiger charge is -2.14. The van der Waals surface area contributed by atoms with Crippen molar-refractivity contribution in [3.63, 3.8) is 0 Å². The Morgan fingerprint density at radius 2 is 1.89 bits per heavy atom. The van der Waals surface area contributed by atoms with Gasteiger partial charge in [0.05, 0.1) is 28.7 Å². The standard InChI is InChI=1S/C22H18N6/c1-15-12-18(4-3-10-23)13-16(2)21(15)27-20-9-11-25-22(28-20)26-19-7-5-17(14-24)6-8-19/h3-9,11-13H,1-2H3,(H2,25,26,27,28)/b4-3+/i1D3,5D,6D,7D,8D,9D,11D,12D,13D. The molecule has 1 heterocycles. The number of rotatable bonds is 5. The molecule has 0 saturated heterocycles. The Morgan fingerprint density at radius 3 is 2.61 bits per heavy atom. The molecule has 0 atom stereocenters. The Labute approximate surface area is 179 Å². The molecule has 2 N–H and O–H groups in total. The average molecular weight is 377 g/mol. The summed E-state index contributed by atoms with van der Waals surface area (Å²) in [6.45, 7) is -1.47. The van der Waals surface area contributed by atoms with E-state index in [9.17, 15) is 0 Å². The van der Waals surface area contributed by atoms with E-state index in [0.29, 0.717) is 0 Å². The van der Waals surface area contributed by atoms with Gasteiger partial charge in [0.25, 0.3) is 0 Å². The molecule has 0 spiro atoms. The molecule has 0 aliphatic carbocycles. The molecule has 2 aromatic carbocycles. The summed E-state index contributed by atoms with van der Waals surface area (Å²) in [5.41, 5.74) is -1.67. The molecule has 28 heavy (non-hydrogen) atoms. The molecule has 0 aliphatic heterocycles. The van der Waals surface area contributed by atoms with Crippen molar-refractivity contribution in [1.82, 2.24) is 9.97 Å². The predicted molar refractivity (Wildman–Crippen MR) is 110 cm³/mol. The fraction of sp³-hybridized carbons (Fsp3) is 0.0909. The monoisotopic (exact) mass is 377 g/mol. The van der Waals surface area contributed by atoms with Gasteiger partial charge in [0.1, 0.15) is 5.82 Å². The summed E-state index contributed by atoms with van der Waals surface area (Å²) in [5, 5.41) is 23.1. The van der Waals surface area contributed by atoms with Gasteiger partial charge in [-0.25, -0.2) is 4.98 Å². The van der Waals surface area contributed by atoms with E-state index in [0.717, 1.165) is 12.2 Å². The first-order valence-corrected chi connectivity index (χ1v) is 7.75. The van der Waals surface area contributed by atoms with Crippen LogP contribution in [0.2, 0.25) is 0 Å². The number of hydrogen-bond donors (Lipinski definition) is 2. The summed E-state index contributed by atoms with van der Waals surface area (Å²) in [7, 11) is 0. The van der Waals surface area contributed by atoms with E-state index in [2.05, 4.69) is 20.6 Å². The van der Waals surface area contributed by atoms with E-state index in [1.54, 1.807) is 12.1 Å². The zero-order valence-electron chi connectivity index (χ0n) is 25.4. The Balaban J connectivity index is 2.21. The lowest BCUT2D eigenvalue weighted by Crippen LogP contribution is -2.02. The summed E-state index contributed by atoms with van der Waals surface area (Å²) in [6.07, 6.45) is 1.50. The predicted octanol–water partition coefficient (Wildman–Crippen LogP) is 4.99. The maximum atomic E-state index is 9.13. The lowest BCUT2D eigenvalue weighted by atomic mass is 10.0. The number of nitrogens with zero attached hydrogens (tertiary/aromatic N) is 4. The van der Waals surface area contributed by atoms with Crippen molar-refractivity contribution in [3.05, 3.63) is 76.8 Å². The zero-order valence-corrected chi connectivity index (χ0v) is 14.4. The van der Waals surface area contributed by atoms with Crippen LogP contribution in [0.15, 0.2) is 54.5 Å². The van der Waals surface area contributed by atoms with Crippen LogP contribution in [0.5, 0.6) is 0 Å². The van der Waals surface area contributed by atoms with E-state index in [1.165, 1.54) is 6.92 Å². The third kappa shape index (κ3) is 4.51. The zero-order chi connectivity index (χ0) is 29.4. The van der Waals surface area contributed by atoms with Crippen LogP contribution in [0, 0.1) is 36.4 Å². The van der Waals surface area contributed by atoms with Gasteiger partial charge in [0.15, 0.2) is 0 Å². The Bertz CT molecular complexity index is 1590. The van der Waals surface area contributed by atoms with Crippen LogP contribution >= 0.6 is 0 Å². The van der Waals surface area contributed by atoms with E-state index in [-0.39, 0.29) is 22.9 Å². The molecule has 0 amide bonds. The molecule has 0 unspecified atom stereocenters. The van der Waals surface area contributed by atoms with Crippen molar-refractivity contribution < 1.29 is 15.1 Å². The molecule has 3 aromatic rings. The molecular weight excluding hydrogens is 348 g/mol. The van der Waals surface area contributed by atoms with Crippen molar-refractivity contribution in [3.8, 4) is 12.1 Å². The number of allylic oxidation sites excluding steroid dienone is 1. The van der Waals surface area contributed by atoms with Crippen molar-refractivity contribution in [2.45, 2.75) is 13.8 Å². The third-order valence-corrected chi connectivity index (χ3v) is 3.30. The minimum atomic E-state index is -2.87. The van der Waals surface area contributed by atoms with Crippen molar-refractivity contribution in [2.75, 3.05) is 10.6 Å². The van der Waals surface area contributed by atoms with Crippen LogP contribution in [0.4, 0.5) is 23.1 Å². The molecule has 0 radical (unpaired) electrons.